The second-order valence-corrected chi connectivity index (χ2v) is 4.18. The fraction of sp³-hybridized carbons (Fsp3) is 0.700. The maximum absolute atomic E-state index is 5.02. The van der Waals surface area contributed by atoms with E-state index < -0.39 is 0 Å². The zero-order chi connectivity index (χ0) is 10.4. The van der Waals surface area contributed by atoms with Crippen LogP contribution < -0.4 is 5.32 Å². The smallest absolute Gasteiger partial charge is 0.183 e. The fourth-order valence-corrected chi connectivity index (χ4v) is 2.02. The number of thiazole rings is 1. The molecule has 0 saturated carbocycles. The summed E-state index contributed by atoms with van der Waals surface area (Å²) in [5, 5.41) is 6.48. The third-order valence-corrected chi connectivity index (χ3v) is 2.86. The number of ether oxygens (including phenoxy) is 1. The first-order chi connectivity index (χ1) is 6.76. The van der Waals surface area contributed by atoms with Crippen LogP contribution in [-0.4, -0.2) is 24.7 Å². The molecule has 0 aliphatic rings. The van der Waals surface area contributed by atoms with E-state index in [1.54, 1.807) is 18.4 Å². The Morgan fingerprint density at radius 3 is 3.00 bits per heavy atom. The van der Waals surface area contributed by atoms with E-state index in [-0.39, 0.29) is 0 Å². The van der Waals surface area contributed by atoms with Crippen LogP contribution in [0.25, 0.3) is 0 Å². The molecule has 14 heavy (non-hydrogen) atoms. The molecule has 0 radical (unpaired) electrons. The highest BCUT2D eigenvalue weighted by atomic mass is 32.1. The summed E-state index contributed by atoms with van der Waals surface area (Å²) >= 11 is 1.67. The summed E-state index contributed by atoms with van der Waals surface area (Å²) in [7, 11) is 1.73. The second-order valence-electron chi connectivity index (χ2n) is 3.32. The lowest BCUT2D eigenvalue weighted by Crippen LogP contribution is -2.16. The van der Waals surface area contributed by atoms with Gasteiger partial charge in [-0.25, -0.2) is 4.98 Å². The molecule has 0 aliphatic heterocycles. The molecule has 1 unspecified atom stereocenters. The normalized spacial score (nSPS) is 12.8. The van der Waals surface area contributed by atoms with Crippen molar-refractivity contribution in [2.24, 2.45) is 0 Å². The molecule has 1 N–H and O–H groups in total. The molecule has 0 aromatic carbocycles. The summed E-state index contributed by atoms with van der Waals surface area (Å²) in [6, 6.07) is 0.422. The van der Waals surface area contributed by atoms with Crippen LogP contribution in [0.15, 0.2) is 5.38 Å². The van der Waals surface area contributed by atoms with Crippen molar-refractivity contribution in [2.45, 2.75) is 32.7 Å². The van der Waals surface area contributed by atoms with Gasteiger partial charge in [-0.15, -0.1) is 11.3 Å². The van der Waals surface area contributed by atoms with Crippen molar-refractivity contribution in [3.8, 4) is 0 Å². The average molecular weight is 214 g/mol. The second kappa shape index (κ2) is 5.98. The number of hydrogen-bond donors (Lipinski definition) is 1. The van der Waals surface area contributed by atoms with Gasteiger partial charge in [-0.3, -0.25) is 0 Å². The van der Waals surface area contributed by atoms with Gasteiger partial charge >= 0.3 is 0 Å². The molecule has 4 heteroatoms. The highest BCUT2D eigenvalue weighted by molar-refractivity contribution is 7.13. The zero-order valence-electron chi connectivity index (χ0n) is 9.04. The molecule has 1 aromatic heterocycles. The number of hydrogen-bond acceptors (Lipinski definition) is 4. The molecule has 1 heterocycles. The first kappa shape index (κ1) is 11.5. The Balaban J connectivity index is 2.35. The third-order valence-electron chi connectivity index (χ3n) is 2.04. The van der Waals surface area contributed by atoms with E-state index >= 15 is 0 Å². The van der Waals surface area contributed by atoms with Gasteiger partial charge < -0.3 is 10.1 Å². The average Bonchev–Trinajstić information content (AvgIpc) is 2.62. The highest BCUT2D eigenvalue weighted by Gasteiger charge is 2.04. The summed E-state index contributed by atoms with van der Waals surface area (Å²) in [4.78, 5) is 4.44. The SMILES string of the molecule is CCc1csc(NC(C)CCOC)n1. The number of nitrogens with one attached hydrogen (secondary N) is 1. The van der Waals surface area contributed by atoms with Crippen LogP contribution in [0.2, 0.25) is 0 Å². The Labute approximate surface area is 89.5 Å². The number of nitrogens with zero attached hydrogens (tertiary/aromatic N) is 1. The summed E-state index contributed by atoms with van der Waals surface area (Å²) in [5.41, 5.74) is 1.16. The molecule has 3 nitrogen and oxygen atoms in total. The van der Waals surface area contributed by atoms with E-state index in [0.717, 1.165) is 30.3 Å². The van der Waals surface area contributed by atoms with E-state index in [0.29, 0.717) is 6.04 Å². The van der Waals surface area contributed by atoms with Crippen LogP contribution in [0.1, 0.15) is 26.0 Å². The lowest BCUT2D eigenvalue weighted by Gasteiger charge is -2.11. The molecule has 0 bridgehead atoms. The Kier molecular flexibility index (Phi) is 4.90. The quantitative estimate of drug-likeness (QED) is 0.790. The minimum Gasteiger partial charge on any atom is -0.385 e. The number of aryl methyl sites for hydroxylation is 1. The van der Waals surface area contributed by atoms with Gasteiger partial charge in [0, 0.05) is 25.1 Å². The molecule has 0 saturated heterocycles. The summed E-state index contributed by atoms with van der Waals surface area (Å²) in [6.45, 7) is 5.05. The molecule has 0 spiro atoms. The Hall–Kier alpha value is -0.610. The molecule has 0 aliphatic carbocycles. The summed E-state index contributed by atoms with van der Waals surface area (Å²) in [5.74, 6) is 0. The van der Waals surface area contributed by atoms with E-state index in [1.807, 2.05) is 0 Å². The number of methoxy groups -OCH3 is 1. The van der Waals surface area contributed by atoms with Gasteiger partial charge in [0.2, 0.25) is 0 Å². The predicted molar refractivity (Wildman–Crippen MR) is 61.1 cm³/mol. The highest BCUT2D eigenvalue weighted by Crippen LogP contribution is 2.17. The number of anilines is 1. The van der Waals surface area contributed by atoms with E-state index in [2.05, 4.69) is 29.5 Å². The van der Waals surface area contributed by atoms with Gasteiger partial charge in [-0.1, -0.05) is 6.92 Å². The minimum atomic E-state index is 0.422. The largest absolute Gasteiger partial charge is 0.385 e. The van der Waals surface area contributed by atoms with Crippen molar-refractivity contribution in [2.75, 3.05) is 19.0 Å². The first-order valence-electron chi connectivity index (χ1n) is 4.96. The van der Waals surface area contributed by atoms with Crippen LogP contribution >= 0.6 is 11.3 Å². The Morgan fingerprint density at radius 2 is 2.43 bits per heavy atom. The lowest BCUT2D eigenvalue weighted by molar-refractivity contribution is 0.191. The minimum absolute atomic E-state index is 0.422. The maximum atomic E-state index is 5.02. The van der Waals surface area contributed by atoms with Crippen LogP contribution in [0.3, 0.4) is 0 Å². The van der Waals surface area contributed by atoms with Crippen molar-refractivity contribution >= 4 is 16.5 Å². The van der Waals surface area contributed by atoms with Crippen LogP contribution in [0, 0.1) is 0 Å². The van der Waals surface area contributed by atoms with E-state index in [9.17, 15) is 0 Å². The zero-order valence-corrected chi connectivity index (χ0v) is 9.86. The van der Waals surface area contributed by atoms with Gasteiger partial charge in [0.25, 0.3) is 0 Å². The number of rotatable bonds is 6. The standard InChI is InChI=1S/C10H18N2OS/c1-4-9-7-14-10(12-9)11-8(2)5-6-13-3/h7-8H,4-6H2,1-3H3,(H,11,12). The molecule has 80 valence electrons. The molecule has 0 fully saturated rings. The topological polar surface area (TPSA) is 34.1 Å². The van der Waals surface area contributed by atoms with Crippen molar-refractivity contribution in [3.05, 3.63) is 11.1 Å². The van der Waals surface area contributed by atoms with Crippen LogP contribution in [0.4, 0.5) is 5.13 Å². The maximum Gasteiger partial charge on any atom is 0.183 e. The van der Waals surface area contributed by atoms with Crippen molar-refractivity contribution in [1.82, 2.24) is 4.98 Å². The lowest BCUT2D eigenvalue weighted by atomic mass is 10.2. The Bertz CT molecular complexity index is 262. The van der Waals surface area contributed by atoms with Gasteiger partial charge in [0.05, 0.1) is 5.69 Å². The number of aromatic nitrogens is 1. The monoisotopic (exact) mass is 214 g/mol. The molecule has 1 rings (SSSR count). The van der Waals surface area contributed by atoms with Crippen LogP contribution in [0.5, 0.6) is 0 Å². The van der Waals surface area contributed by atoms with Crippen molar-refractivity contribution in [1.29, 1.82) is 0 Å². The van der Waals surface area contributed by atoms with Gasteiger partial charge in [0.15, 0.2) is 5.13 Å². The first-order valence-corrected chi connectivity index (χ1v) is 5.84. The summed E-state index contributed by atoms with van der Waals surface area (Å²) < 4.78 is 5.02. The molecule has 0 amide bonds. The summed E-state index contributed by atoms with van der Waals surface area (Å²) in [6.07, 6.45) is 2.02. The molecule has 1 atom stereocenters. The predicted octanol–water partition coefficient (Wildman–Crippen LogP) is 2.54. The Morgan fingerprint density at radius 1 is 1.64 bits per heavy atom. The van der Waals surface area contributed by atoms with Crippen molar-refractivity contribution < 1.29 is 4.74 Å². The fourth-order valence-electron chi connectivity index (χ4n) is 1.11. The van der Waals surface area contributed by atoms with Crippen LogP contribution in [-0.2, 0) is 11.2 Å². The van der Waals surface area contributed by atoms with Gasteiger partial charge in [-0.05, 0) is 19.8 Å². The molecule has 1 aromatic rings. The molecular weight excluding hydrogens is 196 g/mol. The molecular formula is C10H18N2OS. The van der Waals surface area contributed by atoms with Gasteiger partial charge in [0.1, 0.15) is 0 Å². The third kappa shape index (κ3) is 3.64. The van der Waals surface area contributed by atoms with Crippen molar-refractivity contribution in [3.63, 3.8) is 0 Å². The van der Waals surface area contributed by atoms with E-state index in [1.165, 1.54) is 0 Å². The van der Waals surface area contributed by atoms with E-state index in [4.69, 9.17) is 4.74 Å². The van der Waals surface area contributed by atoms with Gasteiger partial charge in [-0.2, -0.15) is 0 Å².